The number of hydrogen-bond acceptors (Lipinski definition) is 3. The van der Waals surface area contributed by atoms with Gasteiger partial charge in [0.15, 0.2) is 5.54 Å². The van der Waals surface area contributed by atoms with Crippen molar-refractivity contribution in [3.63, 3.8) is 0 Å². The molecule has 0 aliphatic rings. The Hall–Kier alpha value is -1.42. The summed E-state index contributed by atoms with van der Waals surface area (Å²) >= 11 is 5.81. The van der Waals surface area contributed by atoms with E-state index >= 15 is 0 Å². The maximum atomic E-state index is 12.8. The molecule has 5 heteroatoms. The van der Waals surface area contributed by atoms with Crippen molar-refractivity contribution in [3.05, 3.63) is 34.9 Å². The van der Waals surface area contributed by atoms with Crippen LogP contribution in [0.15, 0.2) is 29.3 Å². The minimum Gasteiger partial charge on any atom is -0.458 e. The largest absolute Gasteiger partial charge is 0.458 e. The number of alkyl halides is 1. The predicted octanol–water partition coefficient (Wildman–Crippen LogP) is 4.22. The summed E-state index contributed by atoms with van der Waals surface area (Å²) in [5.74, 6) is -0.530. The number of esters is 1. The molecule has 1 atom stereocenters. The van der Waals surface area contributed by atoms with Crippen molar-refractivity contribution < 1.29 is 13.9 Å². The first-order valence-corrected chi connectivity index (χ1v) is 7.14. The van der Waals surface area contributed by atoms with Crippen LogP contribution in [0.2, 0.25) is 5.02 Å². The third kappa shape index (κ3) is 5.84. The number of halogens is 2. The molecule has 0 amide bonds. The molecule has 0 radical (unpaired) electrons. The number of carbonyl (C=O) groups is 1. The number of nitrogens with zero attached hydrogens (tertiary/aromatic N) is 1. The third-order valence-electron chi connectivity index (χ3n) is 2.79. The van der Waals surface area contributed by atoms with Crippen molar-refractivity contribution in [1.29, 1.82) is 0 Å². The minimum absolute atomic E-state index is 0.0218. The summed E-state index contributed by atoms with van der Waals surface area (Å²) in [6.45, 7) is 6.23. The molecule has 1 rings (SSSR count). The van der Waals surface area contributed by atoms with Crippen LogP contribution in [-0.2, 0) is 9.53 Å². The maximum absolute atomic E-state index is 12.8. The Balaban J connectivity index is 2.93. The number of hydrogen-bond donors (Lipinski definition) is 0. The molecule has 0 fully saturated rings. The SMILES string of the molecule is CC(C)(C)OC(=O)C(C)(CCF)N=Cc1ccc(Cl)cc1. The standard InChI is InChI=1S/C16H21ClFNO2/c1-15(2,3)21-14(20)16(4,9-10-18)19-11-12-5-7-13(17)8-6-12/h5-8,11H,9-10H2,1-4H3. The van der Waals surface area contributed by atoms with Crippen LogP contribution < -0.4 is 0 Å². The molecule has 1 unspecified atom stereocenters. The van der Waals surface area contributed by atoms with E-state index < -0.39 is 23.8 Å². The molecular weight excluding hydrogens is 293 g/mol. The highest BCUT2D eigenvalue weighted by atomic mass is 35.5. The van der Waals surface area contributed by atoms with E-state index in [-0.39, 0.29) is 6.42 Å². The first-order chi connectivity index (χ1) is 9.66. The van der Waals surface area contributed by atoms with Crippen LogP contribution in [-0.4, -0.2) is 30.0 Å². The van der Waals surface area contributed by atoms with Crippen molar-refractivity contribution in [3.8, 4) is 0 Å². The highest BCUT2D eigenvalue weighted by Gasteiger charge is 2.36. The van der Waals surface area contributed by atoms with Crippen molar-refractivity contribution in [2.45, 2.75) is 45.3 Å². The summed E-state index contributed by atoms with van der Waals surface area (Å²) in [5.41, 5.74) is -1.08. The van der Waals surface area contributed by atoms with Gasteiger partial charge in [0.25, 0.3) is 0 Å². The van der Waals surface area contributed by atoms with Gasteiger partial charge in [0.05, 0.1) is 6.67 Å². The topological polar surface area (TPSA) is 38.7 Å². The molecule has 116 valence electrons. The summed E-state index contributed by atoms with van der Waals surface area (Å²) in [7, 11) is 0. The van der Waals surface area contributed by atoms with Gasteiger partial charge in [-0.3, -0.25) is 9.38 Å². The Bertz CT molecular complexity index is 508. The minimum atomic E-state index is -1.23. The molecule has 0 heterocycles. The van der Waals surface area contributed by atoms with E-state index in [4.69, 9.17) is 16.3 Å². The second-order valence-electron chi connectivity index (χ2n) is 6.02. The van der Waals surface area contributed by atoms with E-state index in [1.165, 1.54) is 6.21 Å². The van der Waals surface area contributed by atoms with Gasteiger partial charge in [-0.25, -0.2) is 4.79 Å². The third-order valence-corrected chi connectivity index (χ3v) is 3.04. The van der Waals surface area contributed by atoms with E-state index in [0.717, 1.165) is 5.56 Å². The zero-order valence-corrected chi connectivity index (χ0v) is 13.6. The normalized spacial score (nSPS) is 15.0. The lowest BCUT2D eigenvalue weighted by atomic mass is 9.99. The Morgan fingerprint density at radius 2 is 1.86 bits per heavy atom. The smallest absolute Gasteiger partial charge is 0.334 e. The molecule has 3 nitrogen and oxygen atoms in total. The van der Waals surface area contributed by atoms with E-state index in [1.54, 1.807) is 52.0 Å². The van der Waals surface area contributed by atoms with Gasteiger partial charge >= 0.3 is 5.97 Å². The number of rotatable bonds is 5. The summed E-state index contributed by atoms with van der Waals surface area (Å²) in [4.78, 5) is 16.5. The molecule has 1 aromatic carbocycles. The number of benzene rings is 1. The van der Waals surface area contributed by atoms with Crippen LogP contribution in [0.5, 0.6) is 0 Å². The Morgan fingerprint density at radius 3 is 2.33 bits per heavy atom. The van der Waals surface area contributed by atoms with Crippen LogP contribution in [0.1, 0.15) is 39.7 Å². The fourth-order valence-electron chi connectivity index (χ4n) is 1.56. The monoisotopic (exact) mass is 313 g/mol. The molecule has 1 aromatic rings. The Morgan fingerprint density at radius 1 is 1.29 bits per heavy atom. The lowest BCUT2D eigenvalue weighted by Crippen LogP contribution is -2.40. The molecule has 0 saturated heterocycles. The quantitative estimate of drug-likeness (QED) is 0.603. The summed E-state index contributed by atoms with van der Waals surface area (Å²) in [6, 6.07) is 7.00. The summed E-state index contributed by atoms with van der Waals surface area (Å²) in [6.07, 6.45) is 1.52. The number of carbonyl (C=O) groups excluding carboxylic acids is 1. The molecular formula is C16H21ClFNO2. The van der Waals surface area contributed by atoms with E-state index in [0.29, 0.717) is 5.02 Å². The van der Waals surface area contributed by atoms with Gasteiger partial charge in [-0.1, -0.05) is 23.7 Å². The number of aliphatic imine (C=N–C) groups is 1. The van der Waals surface area contributed by atoms with Gasteiger partial charge in [0, 0.05) is 17.7 Å². The summed E-state index contributed by atoms with van der Waals surface area (Å²) in [5, 5.41) is 0.616. The first kappa shape index (κ1) is 17.6. The van der Waals surface area contributed by atoms with Crippen LogP contribution in [0.4, 0.5) is 4.39 Å². The lowest BCUT2D eigenvalue weighted by Gasteiger charge is -2.27. The maximum Gasteiger partial charge on any atom is 0.334 e. The van der Waals surface area contributed by atoms with Crippen LogP contribution in [0, 0.1) is 0 Å². The molecule has 0 saturated carbocycles. The van der Waals surface area contributed by atoms with E-state index in [1.807, 2.05) is 0 Å². The van der Waals surface area contributed by atoms with E-state index in [9.17, 15) is 9.18 Å². The average Bonchev–Trinajstić information content (AvgIpc) is 2.36. The second-order valence-corrected chi connectivity index (χ2v) is 6.46. The Kier molecular flexibility index (Phi) is 5.90. The van der Waals surface area contributed by atoms with Gasteiger partial charge in [-0.15, -0.1) is 0 Å². The lowest BCUT2D eigenvalue weighted by molar-refractivity contribution is -0.161. The molecule has 0 aliphatic heterocycles. The average molecular weight is 314 g/mol. The van der Waals surface area contributed by atoms with Gasteiger partial charge in [-0.05, 0) is 45.4 Å². The van der Waals surface area contributed by atoms with Crippen molar-refractivity contribution in [1.82, 2.24) is 0 Å². The zero-order chi connectivity index (χ0) is 16.1. The fourth-order valence-corrected chi connectivity index (χ4v) is 1.68. The van der Waals surface area contributed by atoms with Crippen molar-refractivity contribution in [2.75, 3.05) is 6.67 Å². The van der Waals surface area contributed by atoms with Gasteiger partial charge < -0.3 is 4.74 Å². The van der Waals surface area contributed by atoms with Crippen molar-refractivity contribution >= 4 is 23.8 Å². The van der Waals surface area contributed by atoms with Crippen molar-refractivity contribution in [2.24, 2.45) is 4.99 Å². The predicted molar refractivity (Wildman–Crippen MR) is 83.9 cm³/mol. The van der Waals surface area contributed by atoms with Crippen LogP contribution in [0.3, 0.4) is 0 Å². The molecule has 0 aromatic heterocycles. The van der Waals surface area contributed by atoms with Crippen LogP contribution in [0.25, 0.3) is 0 Å². The van der Waals surface area contributed by atoms with Gasteiger partial charge in [0.1, 0.15) is 5.60 Å². The second kappa shape index (κ2) is 7.03. The molecule has 0 bridgehead atoms. The molecule has 0 spiro atoms. The van der Waals surface area contributed by atoms with Gasteiger partial charge in [0.2, 0.25) is 0 Å². The Labute approximate surface area is 130 Å². The molecule has 0 N–H and O–H groups in total. The number of ether oxygens (including phenoxy) is 1. The van der Waals surface area contributed by atoms with E-state index in [2.05, 4.69) is 4.99 Å². The highest BCUT2D eigenvalue weighted by molar-refractivity contribution is 6.30. The summed E-state index contributed by atoms with van der Waals surface area (Å²) < 4.78 is 18.1. The van der Waals surface area contributed by atoms with Crippen LogP contribution >= 0.6 is 11.6 Å². The fraction of sp³-hybridized carbons (Fsp3) is 0.500. The van der Waals surface area contributed by atoms with Gasteiger partial charge in [-0.2, -0.15) is 0 Å². The first-order valence-electron chi connectivity index (χ1n) is 6.76. The molecule has 0 aliphatic carbocycles. The highest BCUT2D eigenvalue weighted by Crippen LogP contribution is 2.22. The zero-order valence-electron chi connectivity index (χ0n) is 12.8. The molecule has 21 heavy (non-hydrogen) atoms.